The van der Waals surface area contributed by atoms with Gasteiger partial charge in [0.05, 0.1) is 6.04 Å². The van der Waals surface area contributed by atoms with Crippen LogP contribution >= 0.6 is 0 Å². The monoisotopic (exact) mass is 180 g/mol. The molecule has 2 heteroatoms. The van der Waals surface area contributed by atoms with E-state index in [0.717, 1.165) is 5.92 Å². The van der Waals surface area contributed by atoms with Gasteiger partial charge in [-0.3, -0.25) is 4.99 Å². The maximum atomic E-state index is 4.79. The van der Waals surface area contributed by atoms with Gasteiger partial charge in [0, 0.05) is 19.0 Å². The van der Waals surface area contributed by atoms with E-state index in [0.29, 0.717) is 12.0 Å². The zero-order chi connectivity index (χ0) is 9.42. The van der Waals surface area contributed by atoms with Crippen LogP contribution in [0, 0.1) is 11.8 Å². The molecule has 3 atom stereocenters. The van der Waals surface area contributed by atoms with Gasteiger partial charge in [0.2, 0.25) is 0 Å². The van der Waals surface area contributed by atoms with Crippen LogP contribution in [0.3, 0.4) is 0 Å². The number of fused-ring (bicyclic) bond motifs is 1. The third kappa shape index (κ3) is 1.59. The summed E-state index contributed by atoms with van der Waals surface area (Å²) >= 11 is 0. The molecule has 3 unspecified atom stereocenters. The highest BCUT2D eigenvalue weighted by Crippen LogP contribution is 2.28. The number of aliphatic imine (C=N–C) groups is 1. The Morgan fingerprint density at radius 2 is 2.15 bits per heavy atom. The fourth-order valence-electron chi connectivity index (χ4n) is 2.64. The van der Waals surface area contributed by atoms with E-state index in [1.54, 1.807) is 0 Å². The summed E-state index contributed by atoms with van der Waals surface area (Å²) in [6.45, 7) is 9.33. The average molecular weight is 180 g/mol. The highest BCUT2D eigenvalue weighted by atomic mass is 15.3. The first-order chi connectivity index (χ1) is 6.20. The molecule has 2 heterocycles. The first-order valence-corrected chi connectivity index (χ1v) is 5.53. The molecule has 0 amide bonds. The summed E-state index contributed by atoms with van der Waals surface area (Å²) in [5, 5.41) is 0. The molecule has 0 N–H and O–H groups in total. The van der Waals surface area contributed by atoms with Crippen LogP contribution in [0.15, 0.2) is 4.99 Å². The van der Waals surface area contributed by atoms with Gasteiger partial charge in [0.15, 0.2) is 0 Å². The van der Waals surface area contributed by atoms with Gasteiger partial charge in [-0.1, -0.05) is 20.8 Å². The van der Waals surface area contributed by atoms with Crippen LogP contribution in [0.1, 0.15) is 33.6 Å². The van der Waals surface area contributed by atoms with E-state index in [9.17, 15) is 0 Å². The van der Waals surface area contributed by atoms with E-state index in [4.69, 9.17) is 4.99 Å². The maximum Gasteiger partial charge on any atom is 0.102 e. The van der Waals surface area contributed by atoms with Crippen LogP contribution in [0.5, 0.6) is 0 Å². The predicted molar refractivity (Wildman–Crippen MR) is 56.0 cm³/mol. The van der Waals surface area contributed by atoms with E-state index in [1.165, 1.54) is 31.8 Å². The lowest BCUT2D eigenvalue weighted by Gasteiger charge is -2.34. The van der Waals surface area contributed by atoms with Crippen molar-refractivity contribution in [3.05, 3.63) is 0 Å². The fraction of sp³-hybridized carbons (Fsp3) is 0.909. The number of rotatable bonds is 1. The molecular weight excluding hydrogens is 160 g/mol. The second-order valence-electron chi connectivity index (χ2n) is 4.70. The van der Waals surface area contributed by atoms with Gasteiger partial charge in [-0.15, -0.1) is 0 Å². The van der Waals surface area contributed by atoms with Gasteiger partial charge in [-0.25, -0.2) is 0 Å². The van der Waals surface area contributed by atoms with Gasteiger partial charge >= 0.3 is 0 Å². The molecule has 0 radical (unpaired) electrons. The molecule has 74 valence electrons. The summed E-state index contributed by atoms with van der Waals surface area (Å²) in [4.78, 5) is 7.29. The molecule has 1 saturated heterocycles. The van der Waals surface area contributed by atoms with Crippen molar-refractivity contribution in [1.82, 2.24) is 4.90 Å². The van der Waals surface area contributed by atoms with Crippen molar-refractivity contribution in [2.45, 2.75) is 39.7 Å². The third-order valence-electron chi connectivity index (χ3n) is 3.27. The quantitative estimate of drug-likeness (QED) is 0.603. The minimum absolute atomic E-state index is 0.586. The molecule has 2 rings (SSSR count). The first kappa shape index (κ1) is 9.04. The third-order valence-corrected chi connectivity index (χ3v) is 3.27. The minimum atomic E-state index is 0.586. The topological polar surface area (TPSA) is 15.6 Å². The lowest BCUT2D eigenvalue weighted by Crippen LogP contribution is -2.41. The molecular formula is C11H20N2. The number of amidine groups is 1. The van der Waals surface area contributed by atoms with Gasteiger partial charge in [0.25, 0.3) is 0 Å². The van der Waals surface area contributed by atoms with Crippen LogP contribution in [-0.4, -0.2) is 29.9 Å². The Kier molecular flexibility index (Phi) is 2.31. The van der Waals surface area contributed by atoms with E-state index in [-0.39, 0.29) is 0 Å². The van der Waals surface area contributed by atoms with Crippen molar-refractivity contribution in [1.29, 1.82) is 0 Å². The number of hydrogen-bond donors (Lipinski definition) is 0. The molecule has 0 aromatic heterocycles. The van der Waals surface area contributed by atoms with Crippen molar-refractivity contribution < 1.29 is 0 Å². The summed E-state index contributed by atoms with van der Waals surface area (Å²) in [6, 6.07) is 0.586. The number of nitrogens with zero attached hydrogens (tertiary/aromatic N) is 2. The Morgan fingerprint density at radius 3 is 2.85 bits per heavy atom. The molecule has 0 aromatic carbocycles. The lowest BCUT2D eigenvalue weighted by atomic mass is 9.91. The van der Waals surface area contributed by atoms with Crippen LogP contribution in [0.2, 0.25) is 0 Å². The summed E-state index contributed by atoms with van der Waals surface area (Å²) in [7, 11) is 0. The van der Waals surface area contributed by atoms with Gasteiger partial charge in [0.1, 0.15) is 5.84 Å². The van der Waals surface area contributed by atoms with Gasteiger partial charge < -0.3 is 4.90 Å². The van der Waals surface area contributed by atoms with Gasteiger partial charge in [-0.05, 0) is 18.8 Å². The maximum absolute atomic E-state index is 4.79. The van der Waals surface area contributed by atoms with Crippen LogP contribution in [0.4, 0.5) is 0 Å². The highest BCUT2D eigenvalue weighted by Gasteiger charge is 2.33. The minimum Gasteiger partial charge on any atom is -0.358 e. The molecule has 0 bridgehead atoms. The average Bonchev–Trinajstić information content (AvgIpc) is 2.47. The summed E-state index contributed by atoms with van der Waals surface area (Å²) in [5.74, 6) is 2.94. The highest BCUT2D eigenvalue weighted by molar-refractivity contribution is 5.86. The normalized spacial score (nSPS) is 38.8. The van der Waals surface area contributed by atoms with Gasteiger partial charge in [-0.2, -0.15) is 0 Å². The zero-order valence-electron chi connectivity index (χ0n) is 8.95. The van der Waals surface area contributed by atoms with E-state index in [2.05, 4.69) is 25.7 Å². The Morgan fingerprint density at radius 1 is 1.38 bits per heavy atom. The second-order valence-corrected chi connectivity index (χ2v) is 4.70. The molecule has 2 aliphatic rings. The van der Waals surface area contributed by atoms with Crippen LogP contribution in [-0.2, 0) is 0 Å². The summed E-state index contributed by atoms with van der Waals surface area (Å²) in [5.41, 5.74) is 0. The van der Waals surface area contributed by atoms with Crippen molar-refractivity contribution in [3.8, 4) is 0 Å². The Balaban J connectivity index is 2.11. The molecule has 0 aromatic rings. The molecule has 0 saturated carbocycles. The van der Waals surface area contributed by atoms with E-state index in [1.807, 2.05) is 0 Å². The van der Waals surface area contributed by atoms with Crippen LogP contribution in [0.25, 0.3) is 0 Å². The Labute approximate surface area is 81.0 Å². The Bertz CT molecular complexity index is 222. The zero-order valence-corrected chi connectivity index (χ0v) is 8.95. The molecule has 0 aliphatic carbocycles. The summed E-state index contributed by atoms with van der Waals surface area (Å²) in [6.07, 6.45) is 2.52. The lowest BCUT2D eigenvalue weighted by molar-refractivity contribution is 0.284. The van der Waals surface area contributed by atoms with Crippen molar-refractivity contribution >= 4 is 5.84 Å². The van der Waals surface area contributed by atoms with Crippen molar-refractivity contribution in [2.75, 3.05) is 13.1 Å². The molecule has 0 spiro atoms. The van der Waals surface area contributed by atoms with Crippen molar-refractivity contribution in [3.63, 3.8) is 0 Å². The Hall–Kier alpha value is -0.530. The van der Waals surface area contributed by atoms with Crippen LogP contribution < -0.4 is 0 Å². The van der Waals surface area contributed by atoms with Crippen molar-refractivity contribution in [2.24, 2.45) is 16.8 Å². The second kappa shape index (κ2) is 3.32. The number of hydrogen-bond acceptors (Lipinski definition) is 2. The number of piperidine rings is 1. The fourth-order valence-corrected chi connectivity index (χ4v) is 2.64. The SMILES string of the molecule is CCC1CN2CC(C)CC(C)C2=N1. The molecule has 1 fully saturated rings. The molecule has 13 heavy (non-hydrogen) atoms. The van der Waals surface area contributed by atoms with E-state index < -0.39 is 0 Å². The summed E-state index contributed by atoms with van der Waals surface area (Å²) < 4.78 is 0. The molecule has 2 nitrogen and oxygen atoms in total. The largest absolute Gasteiger partial charge is 0.358 e. The standard InChI is InChI=1S/C11H20N2/c1-4-10-7-13-6-8(2)5-9(3)11(13)12-10/h8-10H,4-7H2,1-3H3. The predicted octanol–water partition coefficient (Wildman–Crippen LogP) is 2.16. The smallest absolute Gasteiger partial charge is 0.102 e. The molecule has 2 aliphatic heterocycles. The van der Waals surface area contributed by atoms with E-state index >= 15 is 0 Å². The first-order valence-electron chi connectivity index (χ1n) is 5.53.